The number of anilines is 1. The molecule has 0 heterocycles. The maximum Gasteiger partial charge on any atom is 0.146 e. The summed E-state index contributed by atoms with van der Waals surface area (Å²) in [5, 5.41) is 19.4. The van der Waals surface area contributed by atoms with Crippen molar-refractivity contribution >= 4 is 28.8 Å². The van der Waals surface area contributed by atoms with Crippen LogP contribution in [0.3, 0.4) is 0 Å². The summed E-state index contributed by atoms with van der Waals surface area (Å²) < 4.78 is 0. The zero-order valence-corrected chi connectivity index (χ0v) is 19.8. The van der Waals surface area contributed by atoms with Crippen LogP contribution in [-0.2, 0) is 11.8 Å². The fraction of sp³-hybridized carbons (Fsp3) is 0.308. The molecular formula is C26H31N3OS. The average molecular weight is 434 g/mol. The van der Waals surface area contributed by atoms with Crippen molar-refractivity contribution in [3.63, 3.8) is 0 Å². The molecule has 0 radical (unpaired) electrons. The average Bonchev–Trinajstić information content (AvgIpc) is 2.71. The van der Waals surface area contributed by atoms with Gasteiger partial charge in [0.2, 0.25) is 0 Å². The minimum atomic E-state index is -0.192. The fourth-order valence-electron chi connectivity index (χ4n) is 3.34. The van der Waals surface area contributed by atoms with E-state index in [9.17, 15) is 5.11 Å². The molecule has 31 heavy (non-hydrogen) atoms. The van der Waals surface area contributed by atoms with Crippen LogP contribution in [0.15, 0.2) is 74.6 Å². The molecule has 0 aliphatic carbocycles. The van der Waals surface area contributed by atoms with Gasteiger partial charge in [0.25, 0.3) is 0 Å². The summed E-state index contributed by atoms with van der Waals surface area (Å²) in [5.41, 5.74) is 10.8. The van der Waals surface area contributed by atoms with Gasteiger partial charge in [0.15, 0.2) is 0 Å². The Kier molecular flexibility index (Phi) is 7.06. The van der Waals surface area contributed by atoms with E-state index < -0.39 is 0 Å². The van der Waals surface area contributed by atoms with Crippen LogP contribution in [0.4, 0.5) is 17.1 Å². The van der Waals surface area contributed by atoms with Crippen molar-refractivity contribution in [2.45, 2.75) is 62.7 Å². The minimum Gasteiger partial charge on any atom is -0.505 e. The molecule has 0 fully saturated rings. The van der Waals surface area contributed by atoms with E-state index in [0.717, 1.165) is 28.9 Å². The molecule has 0 aromatic heterocycles. The molecule has 0 aliphatic rings. The van der Waals surface area contributed by atoms with E-state index in [0.29, 0.717) is 17.1 Å². The quantitative estimate of drug-likeness (QED) is 0.305. The topological polar surface area (TPSA) is 71.0 Å². The van der Waals surface area contributed by atoms with Gasteiger partial charge >= 0.3 is 0 Å². The van der Waals surface area contributed by atoms with Crippen molar-refractivity contribution in [1.29, 1.82) is 0 Å². The van der Waals surface area contributed by atoms with E-state index in [1.54, 1.807) is 11.8 Å². The first-order valence-electron chi connectivity index (χ1n) is 10.6. The molecule has 3 N–H and O–H groups in total. The van der Waals surface area contributed by atoms with Crippen LogP contribution in [0.25, 0.3) is 0 Å². The maximum atomic E-state index is 10.7. The second-order valence-electron chi connectivity index (χ2n) is 8.85. The fourth-order valence-corrected chi connectivity index (χ4v) is 4.19. The zero-order valence-electron chi connectivity index (χ0n) is 18.9. The first-order chi connectivity index (χ1) is 14.7. The van der Waals surface area contributed by atoms with Crippen LogP contribution in [0, 0.1) is 6.92 Å². The molecule has 0 amide bonds. The number of phenolic OH excluding ortho intramolecular Hbond substituents is 1. The van der Waals surface area contributed by atoms with Gasteiger partial charge in [-0.05, 0) is 66.3 Å². The van der Waals surface area contributed by atoms with Gasteiger partial charge in [0.1, 0.15) is 17.1 Å². The Morgan fingerprint density at radius 3 is 2.19 bits per heavy atom. The predicted octanol–water partition coefficient (Wildman–Crippen LogP) is 8.10. The summed E-state index contributed by atoms with van der Waals surface area (Å²) in [6, 6.07) is 18.2. The smallest absolute Gasteiger partial charge is 0.146 e. The number of benzene rings is 3. The lowest BCUT2D eigenvalue weighted by atomic mass is 9.85. The van der Waals surface area contributed by atoms with Crippen LogP contribution < -0.4 is 5.73 Å². The number of aryl methyl sites for hydroxylation is 2. The predicted molar refractivity (Wildman–Crippen MR) is 131 cm³/mol. The number of nitrogen functional groups attached to an aromatic ring is 1. The van der Waals surface area contributed by atoms with Gasteiger partial charge in [0.05, 0.1) is 5.69 Å². The molecule has 0 unspecified atom stereocenters. The lowest BCUT2D eigenvalue weighted by molar-refractivity contribution is 0.447. The number of nitrogens with zero attached hydrogens (tertiary/aromatic N) is 2. The third kappa shape index (κ3) is 5.88. The summed E-state index contributed by atoms with van der Waals surface area (Å²) >= 11 is 1.66. The van der Waals surface area contributed by atoms with E-state index in [2.05, 4.69) is 62.2 Å². The Morgan fingerprint density at radius 2 is 1.55 bits per heavy atom. The van der Waals surface area contributed by atoms with Gasteiger partial charge < -0.3 is 10.8 Å². The van der Waals surface area contributed by atoms with E-state index >= 15 is 0 Å². The molecule has 0 atom stereocenters. The molecule has 5 heteroatoms. The molecule has 3 rings (SSSR count). The lowest BCUT2D eigenvalue weighted by Gasteiger charge is -2.21. The molecule has 0 saturated carbocycles. The first kappa shape index (κ1) is 22.9. The van der Waals surface area contributed by atoms with Crippen LogP contribution in [0.5, 0.6) is 5.75 Å². The molecular weight excluding hydrogens is 402 g/mol. The maximum absolute atomic E-state index is 10.7. The molecule has 0 saturated heterocycles. The molecule has 162 valence electrons. The van der Waals surface area contributed by atoms with E-state index in [4.69, 9.17) is 5.73 Å². The Balaban J connectivity index is 1.86. The standard InChI is InChI=1S/C26H31N3OS/c1-6-7-18-8-10-19(11-9-18)31-20-12-13-22(27)23(16-20)28-29-24-15-17(2)14-21(25(24)30)26(3,4)5/h8-16,30H,6-7,27H2,1-5H3. The van der Waals surface area contributed by atoms with Gasteiger partial charge in [-0.2, -0.15) is 0 Å². The van der Waals surface area contributed by atoms with Crippen molar-refractivity contribution in [2.75, 3.05) is 5.73 Å². The number of azo groups is 1. The van der Waals surface area contributed by atoms with Crippen LogP contribution in [0.1, 0.15) is 50.8 Å². The van der Waals surface area contributed by atoms with Crippen molar-refractivity contribution in [1.82, 2.24) is 0 Å². The van der Waals surface area contributed by atoms with Gasteiger partial charge in [0, 0.05) is 15.4 Å². The second-order valence-corrected chi connectivity index (χ2v) is 9.99. The highest BCUT2D eigenvalue weighted by atomic mass is 32.2. The van der Waals surface area contributed by atoms with E-state index in [1.807, 2.05) is 37.3 Å². The number of hydrogen-bond donors (Lipinski definition) is 2. The minimum absolute atomic E-state index is 0.165. The Hall–Kier alpha value is -2.79. The van der Waals surface area contributed by atoms with Crippen molar-refractivity contribution < 1.29 is 5.11 Å². The third-order valence-corrected chi connectivity index (χ3v) is 6.00. The van der Waals surface area contributed by atoms with Crippen LogP contribution in [-0.4, -0.2) is 5.11 Å². The van der Waals surface area contributed by atoms with Crippen LogP contribution >= 0.6 is 11.8 Å². The highest BCUT2D eigenvalue weighted by molar-refractivity contribution is 7.99. The van der Waals surface area contributed by atoms with E-state index in [1.165, 1.54) is 10.5 Å². The zero-order chi connectivity index (χ0) is 22.6. The molecule has 0 aliphatic heterocycles. The molecule has 3 aromatic carbocycles. The van der Waals surface area contributed by atoms with Gasteiger partial charge in [-0.1, -0.05) is 64.1 Å². The van der Waals surface area contributed by atoms with Crippen molar-refractivity contribution in [3.8, 4) is 5.75 Å². The summed E-state index contributed by atoms with van der Waals surface area (Å²) in [4.78, 5) is 2.20. The Morgan fingerprint density at radius 1 is 0.903 bits per heavy atom. The number of nitrogens with two attached hydrogens (primary N) is 1. The summed E-state index contributed by atoms with van der Waals surface area (Å²) in [7, 11) is 0. The largest absolute Gasteiger partial charge is 0.505 e. The highest BCUT2D eigenvalue weighted by Crippen LogP contribution is 2.40. The van der Waals surface area contributed by atoms with E-state index in [-0.39, 0.29) is 11.2 Å². The van der Waals surface area contributed by atoms with Crippen molar-refractivity contribution in [2.24, 2.45) is 10.2 Å². The summed E-state index contributed by atoms with van der Waals surface area (Å²) in [6.07, 6.45) is 2.24. The molecule has 0 bridgehead atoms. The second kappa shape index (κ2) is 9.56. The van der Waals surface area contributed by atoms with Crippen LogP contribution in [0.2, 0.25) is 0 Å². The summed E-state index contributed by atoms with van der Waals surface area (Å²) in [5.74, 6) is 0.165. The Bertz CT molecular complexity index is 1080. The number of aromatic hydroxyl groups is 1. The molecule has 4 nitrogen and oxygen atoms in total. The lowest BCUT2D eigenvalue weighted by Crippen LogP contribution is -2.11. The summed E-state index contributed by atoms with van der Waals surface area (Å²) in [6.45, 7) is 10.4. The number of hydrogen-bond acceptors (Lipinski definition) is 5. The first-order valence-corrected chi connectivity index (χ1v) is 11.4. The normalized spacial score (nSPS) is 11.9. The third-order valence-electron chi connectivity index (χ3n) is 5.01. The Labute approximate surface area is 189 Å². The number of rotatable bonds is 6. The monoisotopic (exact) mass is 433 g/mol. The molecule has 0 spiro atoms. The van der Waals surface area contributed by atoms with Gasteiger partial charge in [-0.25, -0.2) is 0 Å². The van der Waals surface area contributed by atoms with Gasteiger partial charge in [-0.15, -0.1) is 10.2 Å². The van der Waals surface area contributed by atoms with Crippen molar-refractivity contribution in [3.05, 3.63) is 71.3 Å². The molecule has 3 aromatic rings. The SMILES string of the molecule is CCCc1ccc(Sc2ccc(N)c(N=Nc3cc(C)cc(C(C)(C)C)c3O)c2)cc1. The van der Waals surface area contributed by atoms with Gasteiger partial charge in [-0.3, -0.25) is 0 Å². The highest BCUT2D eigenvalue weighted by Gasteiger charge is 2.21. The number of phenols is 1.